The minimum absolute atomic E-state index is 0.0825. The molecule has 0 fully saturated rings. The molecule has 0 aromatic heterocycles. The third-order valence-corrected chi connectivity index (χ3v) is 22.4. The molecule has 0 bridgehead atoms. The Balaban J connectivity index is 0.000000149. The summed E-state index contributed by atoms with van der Waals surface area (Å²) in [6, 6.07) is 134. The van der Waals surface area contributed by atoms with Gasteiger partial charge in [0, 0.05) is 45.0 Å². The molecule has 17 aromatic carbocycles. The second-order valence-electron chi connectivity index (χ2n) is 29.3. The van der Waals surface area contributed by atoms with Gasteiger partial charge in [-0.25, -0.2) is 0 Å². The van der Waals surface area contributed by atoms with Crippen molar-refractivity contribution in [3.8, 4) is 77.9 Å². The fourth-order valence-corrected chi connectivity index (χ4v) is 17.0. The molecular formula is C102H78N2. The minimum atomic E-state index is -0.0978. The number of rotatable bonds is 11. The number of nitrogens with zero attached hydrogens (tertiary/aromatic N) is 2. The molecule has 496 valence electrons. The Bertz CT molecular complexity index is 6160. The first-order chi connectivity index (χ1) is 50.9. The lowest BCUT2D eigenvalue weighted by Crippen LogP contribution is -2.17. The first-order valence-corrected chi connectivity index (χ1v) is 36.4. The van der Waals surface area contributed by atoms with Gasteiger partial charge in [0.15, 0.2) is 0 Å². The monoisotopic (exact) mass is 1330 g/mol. The van der Waals surface area contributed by atoms with E-state index in [1.165, 1.54) is 171 Å². The van der Waals surface area contributed by atoms with Crippen molar-refractivity contribution in [2.45, 2.75) is 52.4 Å². The smallest absolute Gasteiger partial charge is 0.0491 e. The average molecular weight is 1330 g/mol. The van der Waals surface area contributed by atoms with Crippen LogP contribution in [0.15, 0.2) is 364 Å². The normalized spacial score (nSPS) is 12.9. The van der Waals surface area contributed by atoms with Gasteiger partial charge in [0.2, 0.25) is 0 Å². The van der Waals surface area contributed by atoms with Crippen LogP contribution in [0.4, 0.5) is 34.1 Å². The van der Waals surface area contributed by atoms with Crippen LogP contribution in [0.1, 0.15) is 61.1 Å². The zero-order valence-electron chi connectivity index (χ0n) is 59.5. The van der Waals surface area contributed by atoms with Gasteiger partial charge >= 0.3 is 0 Å². The van der Waals surface area contributed by atoms with Crippen LogP contribution in [0, 0.1) is 13.8 Å². The van der Waals surface area contributed by atoms with Crippen LogP contribution in [0.5, 0.6) is 0 Å². The van der Waals surface area contributed by atoms with Gasteiger partial charge in [0.1, 0.15) is 0 Å². The van der Waals surface area contributed by atoms with Crippen LogP contribution >= 0.6 is 0 Å². The molecule has 0 radical (unpaired) electrons. The van der Waals surface area contributed by atoms with Crippen molar-refractivity contribution in [1.29, 1.82) is 0 Å². The van der Waals surface area contributed by atoms with E-state index in [1.54, 1.807) is 0 Å². The van der Waals surface area contributed by atoms with E-state index >= 15 is 0 Å². The van der Waals surface area contributed by atoms with Gasteiger partial charge in [0.25, 0.3) is 0 Å². The number of hydrogen-bond donors (Lipinski definition) is 0. The molecule has 0 heterocycles. The largest absolute Gasteiger partial charge is 0.310 e. The van der Waals surface area contributed by atoms with Gasteiger partial charge in [-0.15, -0.1) is 0 Å². The summed E-state index contributed by atoms with van der Waals surface area (Å²) in [5.41, 5.74) is 32.3. The van der Waals surface area contributed by atoms with E-state index in [9.17, 15) is 0 Å². The van der Waals surface area contributed by atoms with E-state index in [1.807, 2.05) is 0 Å². The molecule has 104 heavy (non-hydrogen) atoms. The van der Waals surface area contributed by atoms with Crippen LogP contribution in [-0.4, -0.2) is 0 Å². The molecule has 0 unspecified atom stereocenters. The van der Waals surface area contributed by atoms with Crippen LogP contribution in [0.3, 0.4) is 0 Å². The van der Waals surface area contributed by atoms with Crippen molar-refractivity contribution >= 4 is 77.2 Å². The Hall–Kier alpha value is -12.6. The van der Waals surface area contributed by atoms with Gasteiger partial charge < -0.3 is 9.80 Å². The molecule has 0 N–H and O–H groups in total. The molecular weight excluding hydrogens is 1250 g/mol. The summed E-state index contributed by atoms with van der Waals surface area (Å²) in [4.78, 5) is 4.88. The highest BCUT2D eigenvalue weighted by Gasteiger charge is 2.37. The van der Waals surface area contributed by atoms with E-state index < -0.39 is 0 Å². The standard InChI is InChI=1S/C54H41N.C48H37N/c1-36-33-42(50-34-41-15-7-8-16-45(41)46-17-9-10-18-47(46)50)27-32-53(36)55(44-30-31-49-48-19-11-12-20-51(48)54(2,3)52(49)35-44)43-28-25-40(26-29-43)39-23-21-38(22-24-39)37-13-5-4-6-14-37;1-32-29-36(44-30-35-15-7-8-16-39(35)40-17-9-10-18-41(40)44)23-28-47(32)49(37-24-21-34(22-25-37)33-13-5-4-6-14-33)38-26-27-43-42-19-11-12-20-45(42)48(2,3)46(43)31-38/h4-35H,1-3H3;4-31H,1-3H3. The molecule has 0 saturated heterocycles. The van der Waals surface area contributed by atoms with Gasteiger partial charge in [-0.2, -0.15) is 0 Å². The Kier molecular flexibility index (Phi) is 15.7. The molecule has 0 spiro atoms. The number of fused-ring (bicyclic) bond motifs is 12. The predicted octanol–water partition coefficient (Wildman–Crippen LogP) is 28.5. The number of anilines is 6. The topological polar surface area (TPSA) is 6.48 Å². The summed E-state index contributed by atoms with van der Waals surface area (Å²) in [6.45, 7) is 13.9. The molecule has 0 amide bonds. The molecule has 17 aromatic rings. The van der Waals surface area contributed by atoms with Crippen molar-refractivity contribution in [1.82, 2.24) is 0 Å². The highest BCUT2D eigenvalue weighted by atomic mass is 15.2. The van der Waals surface area contributed by atoms with Crippen LogP contribution in [-0.2, 0) is 10.8 Å². The summed E-state index contributed by atoms with van der Waals surface area (Å²) in [7, 11) is 0. The maximum absolute atomic E-state index is 2.44. The van der Waals surface area contributed by atoms with Crippen LogP contribution in [0.25, 0.3) is 121 Å². The van der Waals surface area contributed by atoms with Gasteiger partial charge in [-0.3, -0.25) is 0 Å². The minimum Gasteiger partial charge on any atom is -0.310 e. The van der Waals surface area contributed by atoms with Gasteiger partial charge in [0.05, 0.1) is 0 Å². The second-order valence-corrected chi connectivity index (χ2v) is 29.3. The number of aryl methyl sites for hydroxylation is 2. The quantitative estimate of drug-likeness (QED) is 0.119. The lowest BCUT2D eigenvalue weighted by molar-refractivity contribution is 0.660. The zero-order chi connectivity index (χ0) is 70.2. The van der Waals surface area contributed by atoms with Gasteiger partial charge in [-0.1, -0.05) is 307 Å². The van der Waals surface area contributed by atoms with E-state index in [-0.39, 0.29) is 10.8 Å². The summed E-state index contributed by atoms with van der Waals surface area (Å²) < 4.78 is 0. The van der Waals surface area contributed by atoms with Crippen LogP contribution in [0.2, 0.25) is 0 Å². The molecule has 2 heteroatoms. The molecule has 2 aliphatic carbocycles. The lowest BCUT2D eigenvalue weighted by atomic mass is 9.82. The van der Waals surface area contributed by atoms with E-state index in [2.05, 4.69) is 415 Å². The molecule has 19 rings (SSSR count). The Morgan fingerprint density at radius 2 is 0.481 bits per heavy atom. The molecule has 0 atom stereocenters. The summed E-state index contributed by atoms with van der Waals surface area (Å²) in [5.74, 6) is 0. The third-order valence-electron chi connectivity index (χ3n) is 22.4. The summed E-state index contributed by atoms with van der Waals surface area (Å²) >= 11 is 0. The fraction of sp³-hybridized carbons (Fsp3) is 0.0784. The number of benzene rings is 17. The van der Waals surface area contributed by atoms with Crippen molar-refractivity contribution in [3.05, 3.63) is 397 Å². The predicted molar refractivity (Wildman–Crippen MR) is 444 cm³/mol. The summed E-state index contributed by atoms with van der Waals surface area (Å²) in [5, 5.41) is 10.2. The van der Waals surface area contributed by atoms with E-state index in [0.717, 1.165) is 17.1 Å². The third kappa shape index (κ3) is 11.0. The fourth-order valence-electron chi connectivity index (χ4n) is 17.0. The Morgan fingerprint density at radius 1 is 0.192 bits per heavy atom. The first-order valence-electron chi connectivity index (χ1n) is 36.4. The van der Waals surface area contributed by atoms with E-state index in [0.29, 0.717) is 0 Å². The van der Waals surface area contributed by atoms with Crippen molar-refractivity contribution < 1.29 is 0 Å². The number of hydrogen-bond acceptors (Lipinski definition) is 2. The Morgan fingerprint density at radius 3 is 0.865 bits per heavy atom. The molecule has 2 aliphatic rings. The molecule has 0 saturated carbocycles. The molecule has 0 aliphatic heterocycles. The zero-order valence-corrected chi connectivity index (χ0v) is 59.5. The van der Waals surface area contributed by atoms with Crippen molar-refractivity contribution in [2.75, 3.05) is 9.80 Å². The maximum atomic E-state index is 2.44. The first kappa shape index (κ1) is 63.5. The van der Waals surface area contributed by atoms with Crippen LogP contribution < -0.4 is 9.80 Å². The highest BCUT2D eigenvalue weighted by Crippen LogP contribution is 2.54. The van der Waals surface area contributed by atoms with Gasteiger partial charge in [-0.05, 0) is 253 Å². The summed E-state index contributed by atoms with van der Waals surface area (Å²) in [6.07, 6.45) is 0. The lowest BCUT2D eigenvalue weighted by Gasteiger charge is -2.29. The van der Waals surface area contributed by atoms with Crippen molar-refractivity contribution in [3.63, 3.8) is 0 Å². The van der Waals surface area contributed by atoms with Crippen molar-refractivity contribution in [2.24, 2.45) is 0 Å². The average Bonchev–Trinajstić information content (AvgIpc) is 1.56. The SMILES string of the molecule is Cc1cc(-c2cc3ccccc3c3ccccc23)ccc1N(c1ccc(-c2ccc(-c3ccccc3)cc2)cc1)c1ccc2c(c1)C(C)(C)c1ccccc1-2.Cc1cc(-c2cc3ccccc3c3ccccc23)ccc1N(c1ccc(-c2ccccc2)cc1)c1ccc2c(c1)C(C)(C)c1ccccc1-2. The van der Waals surface area contributed by atoms with E-state index in [4.69, 9.17) is 0 Å². The highest BCUT2D eigenvalue weighted by molar-refractivity contribution is 6.15. The Labute approximate surface area is 610 Å². The second kappa shape index (κ2) is 25.8. The molecule has 2 nitrogen and oxygen atoms in total. The maximum Gasteiger partial charge on any atom is 0.0491 e.